The van der Waals surface area contributed by atoms with Gasteiger partial charge in [0, 0.05) is 24.0 Å². The van der Waals surface area contributed by atoms with E-state index in [9.17, 15) is 4.79 Å². The number of benzene rings is 1. The van der Waals surface area contributed by atoms with E-state index in [4.69, 9.17) is 14.6 Å². The molecule has 1 saturated heterocycles. The van der Waals surface area contributed by atoms with Crippen molar-refractivity contribution in [1.82, 2.24) is 4.90 Å². The summed E-state index contributed by atoms with van der Waals surface area (Å²) in [5.41, 5.74) is 1.19. The predicted octanol–water partition coefficient (Wildman–Crippen LogP) is 3.30. The number of ether oxygens (including phenoxy) is 2. The van der Waals surface area contributed by atoms with Gasteiger partial charge in [-0.15, -0.1) is 0 Å². The molecule has 1 atom stereocenters. The Kier molecular flexibility index (Phi) is 5.43. The lowest BCUT2D eigenvalue weighted by Crippen LogP contribution is -2.35. The Hall–Kier alpha value is -1.27. The molecule has 126 valence electrons. The molecule has 0 bridgehead atoms. The van der Waals surface area contributed by atoms with Gasteiger partial charge in [-0.05, 0) is 49.4 Å². The summed E-state index contributed by atoms with van der Waals surface area (Å²) in [6.45, 7) is 4.06. The second kappa shape index (κ2) is 7.53. The molecule has 2 heterocycles. The lowest BCUT2D eigenvalue weighted by Gasteiger charge is -2.33. The number of nitrogens with zero attached hydrogens (tertiary/aromatic N) is 1. The number of fused-ring (bicyclic) bond motifs is 1. The van der Waals surface area contributed by atoms with Crippen LogP contribution in [0.3, 0.4) is 0 Å². The van der Waals surface area contributed by atoms with Gasteiger partial charge in [0.25, 0.3) is 0 Å². The number of rotatable bonds is 5. The number of hydrogen-bond acceptors (Lipinski definition) is 4. The quantitative estimate of drug-likeness (QED) is 0.844. The summed E-state index contributed by atoms with van der Waals surface area (Å²) in [5, 5.41) is 8.85. The minimum Gasteiger partial charge on any atom is -0.486 e. The number of carboxylic acid groups (broad SMARTS) is 1. The van der Waals surface area contributed by atoms with E-state index in [0.717, 1.165) is 54.9 Å². The number of carboxylic acids is 1. The molecule has 0 saturated carbocycles. The van der Waals surface area contributed by atoms with E-state index in [1.807, 2.05) is 6.07 Å². The zero-order valence-corrected chi connectivity index (χ0v) is 14.7. The van der Waals surface area contributed by atoms with Crippen molar-refractivity contribution >= 4 is 21.9 Å². The molecule has 0 aromatic heterocycles. The summed E-state index contributed by atoms with van der Waals surface area (Å²) in [6, 6.07) is 4.04. The van der Waals surface area contributed by atoms with E-state index in [-0.39, 0.29) is 6.42 Å². The molecule has 3 rings (SSSR count). The smallest absolute Gasteiger partial charge is 0.303 e. The van der Waals surface area contributed by atoms with Crippen LogP contribution in [-0.2, 0) is 11.3 Å². The van der Waals surface area contributed by atoms with Crippen molar-refractivity contribution in [2.75, 3.05) is 26.3 Å². The maximum absolute atomic E-state index is 10.8. The summed E-state index contributed by atoms with van der Waals surface area (Å²) >= 11 is 3.63. The first-order valence-electron chi connectivity index (χ1n) is 8.14. The number of likely N-dealkylation sites (tertiary alicyclic amines) is 1. The van der Waals surface area contributed by atoms with Crippen LogP contribution in [0.25, 0.3) is 0 Å². The molecule has 1 N–H and O–H groups in total. The highest BCUT2D eigenvalue weighted by Crippen LogP contribution is 2.36. The average molecular weight is 384 g/mol. The van der Waals surface area contributed by atoms with Gasteiger partial charge in [0.1, 0.15) is 13.2 Å². The van der Waals surface area contributed by atoms with Gasteiger partial charge >= 0.3 is 5.97 Å². The monoisotopic (exact) mass is 383 g/mol. The molecule has 2 aliphatic rings. The minimum absolute atomic E-state index is 0.270. The number of carbonyl (C=O) groups is 1. The standard InChI is InChI=1S/C17H22BrNO4/c18-14-9-16-15(22-6-7-23-16)8-13(14)11-19-5-1-2-12(10-19)3-4-17(20)21/h8-9,12H,1-7,10-11H2,(H,20,21). The van der Waals surface area contributed by atoms with Crippen molar-refractivity contribution in [2.45, 2.75) is 32.2 Å². The molecule has 0 amide bonds. The topological polar surface area (TPSA) is 59.0 Å². The number of hydrogen-bond donors (Lipinski definition) is 1. The van der Waals surface area contributed by atoms with Crippen LogP contribution < -0.4 is 9.47 Å². The van der Waals surface area contributed by atoms with E-state index in [1.165, 1.54) is 5.56 Å². The number of aliphatic carboxylic acids is 1. The maximum Gasteiger partial charge on any atom is 0.303 e. The van der Waals surface area contributed by atoms with Crippen LogP contribution >= 0.6 is 15.9 Å². The molecule has 2 aliphatic heterocycles. The van der Waals surface area contributed by atoms with Crippen LogP contribution in [0.15, 0.2) is 16.6 Å². The second-order valence-corrected chi connectivity index (χ2v) is 7.12. The van der Waals surface area contributed by atoms with Gasteiger partial charge in [-0.2, -0.15) is 0 Å². The fourth-order valence-corrected chi connectivity index (χ4v) is 3.77. The van der Waals surface area contributed by atoms with Crippen molar-refractivity contribution < 1.29 is 19.4 Å². The zero-order chi connectivity index (χ0) is 16.2. The van der Waals surface area contributed by atoms with Crippen molar-refractivity contribution in [3.63, 3.8) is 0 Å². The van der Waals surface area contributed by atoms with Crippen LogP contribution in [0.2, 0.25) is 0 Å². The second-order valence-electron chi connectivity index (χ2n) is 6.26. The van der Waals surface area contributed by atoms with Gasteiger partial charge < -0.3 is 14.6 Å². The van der Waals surface area contributed by atoms with Crippen molar-refractivity contribution in [2.24, 2.45) is 5.92 Å². The molecule has 23 heavy (non-hydrogen) atoms. The van der Waals surface area contributed by atoms with Gasteiger partial charge in [0.2, 0.25) is 0 Å². The molecule has 1 aromatic rings. The Morgan fingerprint density at radius 1 is 1.30 bits per heavy atom. The Bertz CT molecular complexity index is 578. The van der Waals surface area contributed by atoms with E-state index in [1.54, 1.807) is 0 Å². The summed E-state index contributed by atoms with van der Waals surface area (Å²) < 4.78 is 12.3. The fraction of sp³-hybridized carbons (Fsp3) is 0.588. The minimum atomic E-state index is -0.697. The molecule has 5 nitrogen and oxygen atoms in total. The van der Waals surface area contributed by atoms with Crippen LogP contribution in [0.4, 0.5) is 0 Å². The van der Waals surface area contributed by atoms with Crippen molar-refractivity contribution in [1.29, 1.82) is 0 Å². The summed E-state index contributed by atoms with van der Waals surface area (Å²) in [7, 11) is 0. The summed E-state index contributed by atoms with van der Waals surface area (Å²) in [4.78, 5) is 13.2. The molecule has 0 aliphatic carbocycles. The summed E-state index contributed by atoms with van der Waals surface area (Å²) in [6.07, 6.45) is 3.30. The largest absolute Gasteiger partial charge is 0.486 e. The Labute approximate surface area is 144 Å². The Morgan fingerprint density at radius 3 is 2.78 bits per heavy atom. The molecule has 1 fully saturated rings. The van der Waals surface area contributed by atoms with E-state index in [2.05, 4.69) is 26.9 Å². The normalized spacial score (nSPS) is 21.2. The average Bonchev–Trinajstić information content (AvgIpc) is 2.54. The fourth-order valence-electron chi connectivity index (χ4n) is 3.33. The third kappa shape index (κ3) is 4.38. The van der Waals surface area contributed by atoms with Crippen LogP contribution in [0, 0.1) is 5.92 Å². The molecule has 0 spiro atoms. The molecule has 0 radical (unpaired) electrons. The van der Waals surface area contributed by atoms with Crippen LogP contribution in [0.1, 0.15) is 31.2 Å². The lowest BCUT2D eigenvalue weighted by molar-refractivity contribution is -0.137. The molecule has 1 unspecified atom stereocenters. The highest BCUT2D eigenvalue weighted by atomic mass is 79.9. The first-order chi connectivity index (χ1) is 11.1. The third-order valence-corrected chi connectivity index (χ3v) is 5.21. The highest BCUT2D eigenvalue weighted by Gasteiger charge is 2.22. The lowest BCUT2D eigenvalue weighted by atomic mass is 9.93. The SMILES string of the molecule is O=C(O)CCC1CCCN(Cc2cc3c(cc2Br)OCCO3)C1. The zero-order valence-electron chi connectivity index (χ0n) is 13.1. The summed E-state index contributed by atoms with van der Waals surface area (Å²) in [5.74, 6) is 1.39. The molecule has 6 heteroatoms. The van der Waals surface area contributed by atoms with Gasteiger partial charge in [-0.25, -0.2) is 0 Å². The van der Waals surface area contributed by atoms with E-state index >= 15 is 0 Å². The van der Waals surface area contributed by atoms with Gasteiger partial charge in [-0.3, -0.25) is 9.69 Å². The predicted molar refractivity (Wildman–Crippen MR) is 90.0 cm³/mol. The van der Waals surface area contributed by atoms with Crippen molar-refractivity contribution in [3.8, 4) is 11.5 Å². The molecule has 1 aromatic carbocycles. The van der Waals surface area contributed by atoms with Crippen LogP contribution in [0.5, 0.6) is 11.5 Å². The maximum atomic E-state index is 10.8. The Morgan fingerprint density at radius 2 is 2.04 bits per heavy atom. The Balaban J connectivity index is 1.63. The highest BCUT2D eigenvalue weighted by molar-refractivity contribution is 9.10. The first kappa shape index (κ1) is 16.6. The number of piperidine rings is 1. The first-order valence-corrected chi connectivity index (χ1v) is 8.93. The number of halogens is 1. The molecular formula is C17H22BrNO4. The van der Waals surface area contributed by atoms with Gasteiger partial charge in [-0.1, -0.05) is 15.9 Å². The molecular weight excluding hydrogens is 362 g/mol. The third-order valence-electron chi connectivity index (χ3n) is 4.47. The van der Waals surface area contributed by atoms with Gasteiger partial charge in [0.15, 0.2) is 11.5 Å². The van der Waals surface area contributed by atoms with Crippen LogP contribution in [-0.4, -0.2) is 42.3 Å². The van der Waals surface area contributed by atoms with E-state index in [0.29, 0.717) is 19.1 Å². The van der Waals surface area contributed by atoms with E-state index < -0.39 is 5.97 Å². The van der Waals surface area contributed by atoms with Crippen molar-refractivity contribution in [3.05, 3.63) is 22.2 Å². The van der Waals surface area contributed by atoms with Gasteiger partial charge in [0.05, 0.1) is 0 Å².